The molecule has 0 saturated heterocycles. The highest BCUT2D eigenvalue weighted by molar-refractivity contribution is 6.01. The van der Waals surface area contributed by atoms with E-state index < -0.39 is 16.6 Å². The molecule has 0 unspecified atom stereocenters. The SMILES string of the molecule is C=CCNC(=O)c1cc([N+](=O)[O-])ccc1-c1ccc(F)cc1. The maximum absolute atomic E-state index is 13.0. The molecule has 0 radical (unpaired) electrons. The van der Waals surface area contributed by atoms with Crippen LogP contribution in [0.1, 0.15) is 10.4 Å². The Bertz CT molecular complexity index is 727. The lowest BCUT2D eigenvalue weighted by Crippen LogP contribution is -2.24. The molecule has 1 amide bonds. The van der Waals surface area contributed by atoms with Gasteiger partial charge in [-0.15, -0.1) is 6.58 Å². The Balaban J connectivity index is 2.52. The fourth-order valence-electron chi connectivity index (χ4n) is 1.97. The summed E-state index contributed by atoms with van der Waals surface area (Å²) < 4.78 is 13.0. The van der Waals surface area contributed by atoms with E-state index >= 15 is 0 Å². The molecule has 0 atom stereocenters. The third-order valence-electron chi connectivity index (χ3n) is 3.02. The van der Waals surface area contributed by atoms with Gasteiger partial charge in [-0.2, -0.15) is 0 Å². The molecule has 2 aromatic carbocycles. The van der Waals surface area contributed by atoms with Gasteiger partial charge in [-0.05, 0) is 29.3 Å². The van der Waals surface area contributed by atoms with Crippen molar-refractivity contribution < 1.29 is 14.1 Å². The smallest absolute Gasteiger partial charge is 0.270 e. The fourth-order valence-corrected chi connectivity index (χ4v) is 1.97. The second kappa shape index (κ2) is 6.62. The molecule has 0 aliphatic heterocycles. The first-order valence-electron chi connectivity index (χ1n) is 6.46. The molecule has 0 bridgehead atoms. The molecule has 2 rings (SSSR count). The molecule has 0 aliphatic carbocycles. The van der Waals surface area contributed by atoms with Crippen molar-refractivity contribution in [3.05, 3.63) is 76.6 Å². The zero-order chi connectivity index (χ0) is 16.1. The minimum Gasteiger partial charge on any atom is -0.349 e. The second-order valence-corrected chi connectivity index (χ2v) is 4.49. The summed E-state index contributed by atoms with van der Waals surface area (Å²) in [5.41, 5.74) is 1.06. The number of carbonyl (C=O) groups excluding carboxylic acids is 1. The predicted molar refractivity (Wildman–Crippen MR) is 81.0 cm³/mol. The molecule has 0 heterocycles. The summed E-state index contributed by atoms with van der Waals surface area (Å²) in [4.78, 5) is 22.5. The highest BCUT2D eigenvalue weighted by atomic mass is 19.1. The van der Waals surface area contributed by atoms with Crippen LogP contribution in [0, 0.1) is 15.9 Å². The quantitative estimate of drug-likeness (QED) is 0.523. The first-order valence-corrected chi connectivity index (χ1v) is 6.46. The third kappa shape index (κ3) is 3.35. The Morgan fingerprint density at radius 3 is 2.55 bits per heavy atom. The monoisotopic (exact) mass is 300 g/mol. The lowest BCUT2D eigenvalue weighted by atomic mass is 9.98. The van der Waals surface area contributed by atoms with Crippen LogP contribution in [0.2, 0.25) is 0 Å². The van der Waals surface area contributed by atoms with Crippen LogP contribution in [-0.2, 0) is 0 Å². The molecule has 6 heteroatoms. The number of nitro groups is 1. The van der Waals surface area contributed by atoms with Crippen LogP contribution < -0.4 is 5.32 Å². The predicted octanol–water partition coefficient (Wildman–Crippen LogP) is 3.32. The van der Waals surface area contributed by atoms with Crippen molar-refractivity contribution in [1.82, 2.24) is 5.32 Å². The van der Waals surface area contributed by atoms with E-state index in [1.165, 1.54) is 48.5 Å². The Kier molecular flexibility index (Phi) is 4.63. The van der Waals surface area contributed by atoms with Gasteiger partial charge in [0.15, 0.2) is 0 Å². The van der Waals surface area contributed by atoms with E-state index in [0.29, 0.717) is 11.1 Å². The molecule has 0 aliphatic rings. The number of amides is 1. The van der Waals surface area contributed by atoms with E-state index in [2.05, 4.69) is 11.9 Å². The van der Waals surface area contributed by atoms with Crippen LogP contribution >= 0.6 is 0 Å². The Morgan fingerprint density at radius 1 is 1.27 bits per heavy atom. The summed E-state index contributed by atoms with van der Waals surface area (Å²) in [6.45, 7) is 3.74. The number of nitrogens with one attached hydrogen (secondary N) is 1. The lowest BCUT2D eigenvalue weighted by molar-refractivity contribution is -0.384. The first-order chi connectivity index (χ1) is 10.5. The highest BCUT2D eigenvalue weighted by Crippen LogP contribution is 2.27. The number of benzene rings is 2. The number of rotatable bonds is 5. The molecular weight excluding hydrogens is 287 g/mol. The maximum atomic E-state index is 13.0. The van der Waals surface area contributed by atoms with Gasteiger partial charge in [0.25, 0.3) is 11.6 Å². The molecule has 0 aromatic heterocycles. The average Bonchev–Trinajstić information content (AvgIpc) is 2.52. The molecule has 0 saturated carbocycles. The minimum absolute atomic E-state index is 0.155. The molecular formula is C16H13FN2O3. The van der Waals surface area contributed by atoms with Gasteiger partial charge in [-0.1, -0.05) is 18.2 Å². The van der Waals surface area contributed by atoms with Crippen LogP contribution in [0.25, 0.3) is 11.1 Å². The van der Waals surface area contributed by atoms with Crippen molar-refractivity contribution in [3.63, 3.8) is 0 Å². The molecule has 2 aromatic rings. The lowest BCUT2D eigenvalue weighted by Gasteiger charge is -2.10. The van der Waals surface area contributed by atoms with E-state index in [-0.39, 0.29) is 17.8 Å². The second-order valence-electron chi connectivity index (χ2n) is 4.49. The largest absolute Gasteiger partial charge is 0.349 e. The minimum atomic E-state index is -0.571. The van der Waals surface area contributed by atoms with E-state index in [4.69, 9.17) is 0 Å². The van der Waals surface area contributed by atoms with Gasteiger partial charge >= 0.3 is 0 Å². The molecule has 0 fully saturated rings. The van der Waals surface area contributed by atoms with Crippen molar-refractivity contribution >= 4 is 11.6 Å². The number of hydrogen-bond acceptors (Lipinski definition) is 3. The Hall–Kier alpha value is -3.02. The molecule has 112 valence electrons. The number of halogens is 1. The van der Waals surface area contributed by atoms with Crippen LogP contribution in [0.15, 0.2) is 55.1 Å². The van der Waals surface area contributed by atoms with Crippen LogP contribution in [0.5, 0.6) is 0 Å². The summed E-state index contributed by atoms with van der Waals surface area (Å²) in [6, 6.07) is 9.56. The van der Waals surface area contributed by atoms with Gasteiger partial charge in [0.05, 0.1) is 10.5 Å². The molecule has 5 nitrogen and oxygen atoms in total. The van der Waals surface area contributed by atoms with Crippen LogP contribution in [-0.4, -0.2) is 17.4 Å². The molecule has 22 heavy (non-hydrogen) atoms. The number of nitro benzene ring substituents is 1. The van der Waals surface area contributed by atoms with Gasteiger partial charge in [0, 0.05) is 18.7 Å². The average molecular weight is 300 g/mol. The zero-order valence-corrected chi connectivity index (χ0v) is 11.6. The summed E-state index contributed by atoms with van der Waals surface area (Å²) in [7, 11) is 0. The van der Waals surface area contributed by atoms with Crippen molar-refractivity contribution in [2.24, 2.45) is 0 Å². The van der Waals surface area contributed by atoms with E-state index in [1.54, 1.807) is 0 Å². The fraction of sp³-hybridized carbons (Fsp3) is 0.0625. The highest BCUT2D eigenvalue weighted by Gasteiger charge is 2.17. The van der Waals surface area contributed by atoms with Gasteiger partial charge < -0.3 is 5.32 Å². The van der Waals surface area contributed by atoms with E-state index in [9.17, 15) is 19.3 Å². The van der Waals surface area contributed by atoms with Crippen molar-refractivity contribution in [3.8, 4) is 11.1 Å². The summed E-state index contributed by atoms with van der Waals surface area (Å²) in [5.74, 6) is -0.855. The number of nitrogens with zero attached hydrogens (tertiary/aromatic N) is 1. The third-order valence-corrected chi connectivity index (χ3v) is 3.02. The van der Waals surface area contributed by atoms with Crippen molar-refractivity contribution in [1.29, 1.82) is 0 Å². The summed E-state index contributed by atoms with van der Waals surface area (Å²) in [5, 5.41) is 13.5. The molecule has 1 N–H and O–H groups in total. The van der Waals surface area contributed by atoms with Crippen molar-refractivity contribution in [2.45, 2.75) is 0 Å². The first kappa shape index (κ1) is 15.4. The number of non-ortho nitro benzene ring substituents is 1. The standard InChI is InChI=1S/C16H13FN2O3/c1-2-9-18-16(20)15-10-13(19(21)22)7-8-14(15)11-3-5-12(17)6-4-11/h2-8,10H,1,9H2,(H,18,20). The Labute approximate surface area is 126 Å². The van der Waals surface area contributed by atoms with E-state index in [1.807, 2.05) is 0 Å². The Morgan fingerprint density at radius 2 is 1.95 bits per heavy atom. The normalized spacial score (nSPS) is 10.0. The topological polar surface area (TPSA) is 72.2 Å². The van der Waals surface area contributed by atoms with Gasteiger partial charge in [-0.3, -0.25) is 14.9 Å². The van der Waals surface area contributed by atoms with Crippen molar-refractivity contribution in [2.75, 3.05) is 6.54 Å². The maximum Gasteiger partial charge on any atom is 0.270 e. The van der Waals surface area contributed by atoms with Crippen LogP contribution in [0.4, 0.5) is 10.1 Å². The molecule has 0 spiro atoms. The number of carbonyl (C=O) groups is 1. The summed E-state index contributed by atoms with van der Waals surface area (Å²) >= 11 is 0. The van der Waals surface area contributed by atoms with Gasteiger partial charge in [-0.25, -0.2) is 4.39 Å². The summed E-state index contributed by atoms with van der Waals surface area (Å²) in [6.07, 6.45) is 1.51. The zero-order valence-electron chi connectivity index (χ0n) is 11.6. The van der Waals surface area contributed by atoms with E-state index in [0.717, 1.165) is 0 Å². The number of hydrogen-bond donors (Lipinski definition) is 1. The van der Waals surface area contributed by atoms with Gasteiger partial charge in [0.2, 0.25) is 0 Å². The van der Waals surface area contributed by atoms with Crippen LogP contribution in [0.3, 0.4) is 0 Å². The van der Waals surface area contributed by atoms with Gasteiger partial charge in [0.1, 0.15) is 5.82 Å².